The summed E-state index contributed by atoms with van der Waals surface area (Å²) >= 11 is 0. The fraction of sp³-hybridized carbons (Fsp3) is 0.500. The molecule has 2 rings (SSSR count). The van der Waals surface area contributed by atoms with Crippen LogP contribution in [0.4, 0.5) is 5.69 Å². The highest BCUT2D eigenvalue weighted by atomic mass is 16.6. The molecule has 1 amide bonds. The van der Waals surface area contributed by atoms with Gasteiger partial charge in [0, 0.05) is 0 Å². The molecule has 0 saturated carbocycles. The third-order valence-corrected chi connectivity index (χ3v) is 4.98. The van der Waals surface area contributed by atoms with E-state index in [2.05, 4.69) is 48.5 Å². The van der Waals surface area contributed by atoms with E-state index in [4.69, 9.17) is 0 Å². The molecule has 1 N–H and O–H groups in total. The van der Waals surface area contributed by atoms with Crippen molar-refractivity contribution < 1.29 is 9.72 Å². The summed E-state index contributed by atoms with van der Waals surface area (Å²) in [7, 11) is 0. The SMILES string of the molecule is CCC(C)c1ccc(C(CC)NC(=O)C(C)Cn2cc([N+](=O)[O-])cn2)cc1. The van der Waals surface area contributed by atoms with Crippen molar-refractivity contribution in [3.05, 3.63) is 57.9 Å². The summed E-state index contributed by atoms with van der Waals surface area (Å²) in [6.07, 6.45) is 4.41. The maximum Gasteiger partial charge on any atom is 0.306 e. The first-order chi connectivity index (χ1) is 12.8. The topological polar surface area (TPSA) is 90.1 Å². The molecule has 1 aromatic heterocycles. The van der Waals surface area contributed by atoms with Crippen molar-refractivity contribution >= 4 is 11.6 Å². The number of amides is 1. The van der Waals surface area contributed by atoms with Crippen LogP contribution in [0.2, 0.25) is 0 Å². The summed E-state index contributed by atoms with van der Waals surface area (Å²) in [5, 5.41) is 17.8. The molecule has 0 aliphatic rings. The zero-order valence-electron chi connectivity index (χ0n) is 16.4. The molecule has 146 valence electrons. The lowest BCUT2D eigenvalue weighted by Crippen LogP contribution is -2.34. The number of nitro groups is 1. The third-order valence-electron chi connectivity index (χ3n) is 4.98. The van der Waals surface area contributed by atoms with Gasteiger partial charge in [-0.05, 0) is 29.9 Å². The fourth-order valence-corrected chi connectivity index (χ4v) is 2.94. The van der Waals surface area contributed by atoms with E-state index in [1.807, 2.05) is 6.92 Å². The molecule has 3 unspecified atom stereocenters. The molecular weight excluding hydrogens is 344 g/mol. The molecule has 0 bridgehead atoms. The smallest absolute Gasteiger partial charge is 0.306 e. The molecule has 7 nitrogen and oxygen atoms in total. The predicted octanol–water partition coefficient (Wildman–Crippen LogP) is 4.21. The first-order valence-electron chi connectivity index (χ1n) is 9.42. The highest BCUT2D eigenvalue weighted by molar-refractivity contribution is 5.78. The molecule has 3 atom stereocenters. The molecule has 2 aromatic rings. The van der Waals surface area contributed by atoms with E-state index in [-0.39, 0.29) is 23.6 Å². The Kier molecular flexibility index (Phi) is 7.10. The Morgan fingerprint density at radius 3 is 2.33 bits per heavy atom. The molecule has 0 saturated heterocycles. The molecule has 0 aliphatic carbocycles. The second-order valence-electron chi connectivity index (χ2n) is 7.02. The zero-order valence-corrected chi connectivity index (χ0v) is 16.4. The minimum atomic E-state index is -0.496. The van der Waals surface area contributed by atoms with Crippen LogP contribution < -0.4 is 5.32 Å². The van der Waals surface area contributed by atoms with Gasteiger partial charge >= 0.3 is 5.69 Å². The van der Waals surface area contributed by atoms with Gasteiger partial charge in [0.25, 0.3) is 0 Å². The first kappa shape index (κ1) is 20.6. The molecular formula is C20H28N4O3. The highest BCUT2D eigenvalue weighted by Gasteiger charge is 2.20. The van der Waals surface area contributed by atoms with Crippen LogP contribution in [-0.4, -0.2) is 20.6 Å². The van der Waals surface area contributed by atoms with Crippen LogP contribution in [0.3, 0.4) is 0 Å². The van der Waals surface area contributed by atoms with Crippen LogP contribution in [0.5, 0.6) is 0 Å². The Morgan fingerprint density at radius 2 is 1.81 bits per heavy atom. The van der Waals surface area contributed by atoms with E-state index in [0.717, 1.165) is 18.4 Å². The number of hydrogen-bond donors (Lipinski definition) is 1. The van der Waals surface area contributed by atoms with Gasteiger partial charge in [0.2, 0.25) is 5.91 Å². The number of carbonyl (C=O) groups is 1. The molecule has 0 fully saturated rings. The van der Waals surface area contributed by atoms with Gasteiger partial charge in [-0.3, -0.25) is 19.6 Å². The number of benzene rings is 1. The second kappa shape index (κ2) is 9.30. The largest absolute Gasteiger partial charge is 0.349 e. The minimum absolute atomic E-state index is 0.0575. The molecule has 1 aromatic carbocycles. The summed E-state index contributed by atoms with van der Waals surface area (Å²) < 4.78 is 1.43. The van der Waals surface area contributed by atoms with E-state index < -0.39 is 4.92 Å². The average molecular weight is 372 g/mol. The standard InChI is InChI=1S/C20H28N4O3/c1-5-14(3)16-7-9-17(10-8-16)19(6-2)22-20(25)15(4)12-23-13-18(11-21-23)24(26)27/h7-11,13-15,19H,5-6,12H2,1-4H3,(H,22,25). The van der Waals surface area contributed by atoms with Gasteiger partial charge in [0.1, 0.15) is 12.4 Å². The van der Waals surface area contributed by atoms with Crippen LogP contribution in [0.15, 0.2) is 36.7 Å². The normalized spacial score (nSPS) is 14.4. The summed E-state index contributed by atoms with van der Waals surface area (Å²) in [5.74, 6) is 0.0795. The number of carbonyl (C=O) groups excluding carboxylic acids is 1. The van der Waals surface area contributed by atoms with Crippen LogP contribution in [-0.2, 0) is 11.3 Å². The summed E-state index contributed by atoms with van der Waals surface area (Å²) in [4.78, 5) is 22.8. The van der Waals surface area contributed by atoms with Crippen LogP contribution in [0, 0.1) is 16.0 Å². The van der Waals surface area contributed by atoms with E-state index in [1.165, 1.54) is 22.6 Å². The van der Waals surface area contributed by atoms with Crippen molar-refractivity contribution in [3.8, 4) is 0 Å². The van der Waals surface area contributed by atoms with Gasteiger partial charge in [-0.15, -0.1) is 0 Å². The maximum atomic E-state index is 12.6. The van der Waals surface area contributed by atoms with Gasteiger partial charge in [0.05, 0.1) is 23.4 Å². The predicted molar refractivity (Wildman–Crippen MR) is 104 cm³/mol. The van der Waals surface area contributed by atoms with Crippen molar-refractivity contribution in [1.82, 2.24) is 15.1 Å². The van der Waals surface area contributed by atoms with Crippen LogP contribution in [0.25, 0.3) is 0 Å². The highest BCUT2D eigenvalue weighted by Crippen LogP contribution is 2.23. The molecule has 0 radical (unpaired) electrons. The Balaban J connectivity index is 1.99. The van der Waals surface area contributed by atoms with Crippen LogP contribution in [0.1, 0.15) is 63.6 Å². The van der Waals surface area contributed by atoms with Gasteiger partial charge in [-0.2, -0.15) is 5.10 Å². The molecule has 1 heterocycles. The minimum Gasteiger partial charge on any atom is -0.349 e. The monoisotopic (exact) mass is 372 g/mol. The average Bonchev–Trinajstić information content (AvgIpc) is 3.14. The third kappa shape index (κ3) is 5.39. The van der Waals surface area contributed by atoms with Crippen molar-refractivity contribution in [2.24, 2.45) is 5.92 Å². The summed E-state index contributed by atoms with van der Waals surface area (Å²) in [6.45, 7) is 8.50. The number of nitrogens with one attached hydrogen (secondary N) is 1. The Bertz CT molecular complexity index is 770. The number of nitrogens with zero attached hydrogens (tertiary/aromatic N) is 3. The Morgan fingerprint density at radius 1 is 1.19 bits per heavy atom. The first-order valence-corrected chi connectivity index (χ1v) is 9.42. The molecule has 0 aliphatic heterocycles. The number of aromatic nitrogens is 2. The van der Waals surface area contributed by atoms with E-state index in [9.17, 15) is 14.9 Å². The van der Waals surface area contributed by atoms with Gasteiger partial charge < -0.3 is 5.32 Å². The van der Waals surface area contributed by atoms with Gasteiger partial charge in [0.15, 0.2) is 0 Å². The van der Waals surface area contributed by atoms with Gasteiger partial charge in [-0.25, -0.2) is 0 Å². The van der Waals surface area contributed by atoms with Crippen molar-refractivity contribution in [1.29, 1.82) is 0 Å². The van der Waals surface area contributed by atoms with Crippen molar-refractivity contribution in [2.45, 2.75) is 59.0 Å². The number of rotatable bonds is 9. The Labute approximate surface area is 159 Å². The fourth-order valence-electron chi connectivity index (χ4n) is 2.94. The van der Waals surface area contributed by atoms with E-state index >= 15 is 0 Å². The Hall–Kier alpha value is -2.70. The lowest BCUT2D eigenvalue weighted by molar-refractivity contribution is -0.385. The van der Waals surface area contributed by atoms with Crippen molar-refractivity contribution in [3.63, 3.8) is 0 Å². The second-order valence-corrected chi connectivity index (χ2v) is 7.02. The van der Waals surface area contributed by atoms with E-state index in [0.29, 0.717) is 12.5 Å². The molecule has 27 heavy (non-hydrogen) atoms. The lowest BCUT2D eigenvalue weighted by Gasteiger charge is -2.21. The lowest BCUT2D eigenvalue weighted by atomic mass is 9.95. The maximum absolute atomic E-state index is 12.6. The molecule has 0 spiro atoms. The molecule has 7 heteroatoms. The quantitative estimate of drug-likeness (QED) is 0.527. The van der Waals surface area contributed by atoms with E-state index in [1.54, 1.807) is 6.92 Å². The van der Waals surface area contributed by atoms with Crippen molar-refractivity contribution in [2.75, 3.05) is 0 Å². The number of hydrogen-bond acceptors (Lipinski definition) is 4. The summed E-state index contributed by atoms with van der Waals surface area (Å²) in [6, 6.07) is 8.36. The van der Waals surface area contributed by atoms with Crippen LogP contribution >= 0.6 is 0 Å². The summed E-state index contributed by atoms with van der Waals surface area (Å²) in [5.41, 5.74) is 2.31. The zero-order chi connectivity index (χ0) is 20.0. The van der Waals surface area contributed by atoms with Gasteiger partial charge in [-0.1, -0.05) is 52.0 Å².